The molecule has 0 unspecified atom stereocenters. The second-order valence-electron chi connectivity index (χ2n) is 9.78. The van der Waals surface area contributed by atoms with Gasteiger partial charge in [-0.25, -0.2) is 14.4 Å². The minimum atomic E-state index is -1.31. The van der Waals surface area contributed by atoms with E-state index in [2.05, 4.69) is 0 Å². The molecule has 6 aromatic carbocycles. The summed E-state index contributed by atoms with van der Waals surface area (Å²) in [5.74, 6) is -4.60. The van der Waals surface area contributed by atoms with Crippen molar-refractivity contribution in [2.45, 2.75) is 6.42 Å². The van der Waals surface area contributed by atoms with Crippen LogP contribution in [-0.4, -0.2) is 38.3 Å². The molecule has 0 bridgehead atoms. The van der Waals surface area contributed by atoms with E-state index in [9.17, 15) is 34.8 Å². The average Bonchev–Trinajstić information content (AvgIpc) is 2.99. The third kappa shape index (κ3) is 4.41. The zero-order valence-electron chi connectivity index (χ0n) is 21.9. The van der Waals surface area contributed by atoms with Crippen LogP contribution in [0.4, 0.5) is 0 Å². The van der Waals surface area contributed by atoms with E-state index in [0.717, 1.165) is 0 Å². The van der Waals surface area contributed by atoms with Gasteiger partial charge in [0.25, 0.3) is 0 Å². The van der Waals surface area contributed by atoms with Crippen LogP contribution in [0.5, 0.6) is 17.2 Å². The number of rotatable bonds is 6. The SMILES string of the molecule is O=C(O)c1cc2ccccc2c(Cc2c(O)c(C(=O)Oc3c(C(=O)O)ccc4ccccc34)cc3ccccc23)c1O. The number of carboxylic acid groups (broad SMARTS) is 2. The van der Waals surface area contributed by atoms with Crippen molar-refractivity contribution in [2.24, 2.45) is 0 Å². The zero-order chi connectivity index (χ0) is 29.5. The molecular weight excluding hydrogens is 536 g/mol. The first-order chi connectivity index (χ1) is 20.2. The Morgan fingerprint density at radius 2 is 1.02 bits per heavy atom. The molecule has 0 amide bonds. The fourth-order valence-corrected chi connectivity index (χ4v) is 5.35. The van der Waals surface area contributed by atoms with E-state index in [1.165, 1.54) is 18.2 Å². The molecule has 0 aromatic heterocycles. The second-order valence-corrected chi connectivity index (χ2v) is 9.78. The molecule has 0 fully saturated rings. The summed E-state index contributed by atoms with van der Waals surface area (Å²) in [4.78, 5) is 37.5. The van der Waals surface area contributed by atoms with Crippen molar-refractivity contribution in [1.82, 2.24) is 0 Å². The summed E-state index contributed by atoms with van der Waals surface area (Å²) in [6.07, 6.45) is -0.115. The van der Waals surface area contributed by atoms with Gasteiger partial charge in [-0.1, -0.05) is 78.9 Å². The smallest absolute Gasteiger partial charge is 0.347 e. The highest BCUT2D eigenvalue weighted by molar-refractivity contribution is 6.06. The number of aromatic hydroxyl groups is 2. The van der Waals surface area contributed by atoms with Crippen LogP contribution in [-0.2, 0) is 6.42 Å². The molecule has 6 rings (SSSR count). The van der Waals surface area contributed by atoms with Gasteiger partial charge in [0.05, 0.1) is 0 Å². The van der Waals surface area contributed by atoms with Gasteiger partial charge in [-0.05, 0) is 45.1 Å². The molecule has 0 aliphatic carbocycles. The Kier molecular flexibility index (Phi) is 6.43. The Morgan fingerprint density at radius 3 is 1.60 bits per heavy atom. The van der Waals surface area contributed by atoms with Crippen LogP contribution in [0.15, 0.2) is 97.1 Å². The molecule has 0 spiro atoms. The highest BCUT2D eigenvalue weighted by atomic mass is 16.5. The predicted molar refractivity (Wildman–Crippen MR) is 157 cm³/mol. The van der Waals surface area contributed by atoms with E-state index in [1.54, 1.807) is 78.9 Å². The fourth-order valence-electron chi connectivity index (χ4n) is 5.35. The van der Waals surface area contributed by atoms with Gasteiger partial charge in [0.2, 0.25) is 0 Å². The van der Waals surface area contributed by atoms with Crippen LogP contribution in [0.25, 0.3) is 32.3 Å². The van der Waals surface area contributed by atoms with Crippen molar-refractivity contribution in [2.75, 3.05) is 0 Å². The van der Waals surface area contributed by atoms with Crippen molar-refractivity contribution < 1.29 is 39.5 Å². The van der Waals surface area contributed by atoms with Crippen molar-refractivity contribution in [3.8, 4) is 17.2 Å². The van der Waals surface area contributed by atoms with E-state index in [-0.39, 0.29) is 40.0 Å². The minimum Gasteiger partial charge on any atom is -0.507 e. The lowest BCUT2D eigenvalue weighted by Crippen LogP contribution is -2.13. The number of phenolic OH excluding ortho intramolecular Hbond substituents is 1. The number of carboxylic acids is 2. The van der Waals surface area contributed by atoms with Crippen LogP contribution < -0.4 is 4.74 Å². The number of benzene rings is 6. The third-order valence-corrected chi connectivity index (χ3v) is 7.36. The van der Waals surface area contributed by atoms with Gasteiger partial charge in [-0.3, -0.25) is 0 Å². The zero-order valence-corrected chi connectivity index (χ0v) is 21.9. The molecule has 6 aromatic rings. The molecule has 0 radical (unpaired) electrons. The molecule has 0 heterocycles. The quantitative estimate of drug-likeness (QED) is 0.130. The number of aromatic carboxylic acids is 2. The van der Waals surface area contributed by atoms with E-state index in [0.29, 0.717) is 32.3 Å². The first-order valence-electron chi connectivity index (χ1n) is 12.9. The van der Waals surface area contributed by atoms with E-state index in [1.807, 2.05) is 0 Å². The maximum Gasteiger partial charge on any atom is 0.347 e. The average molecular weight is 559 g/mol. The number of ether oxygens (including phenoxy) is 1. The molecule has 4 N–H and O–H groups in total. The van der Waals surface area contributed by atoms with Gasteiger partial charge in [-0.15, -0.1) is 0 Å². The lowest BCUT2D eigenvalue weighted by molar-refractivity contribution is 0.0672. The molecule has 0 aliphatic heterocycles. The Morgan fingerprint density at radius 1 is 0.548 bits per heavy atom. The Balaban J connectivity index is 1.53. The number of carbonyl (C=O) groups is 3. The number of fused-ring (bicyclic) bond motifs is 3. The topological polar surface area (TPSA) is 141 Å². The molecule has 42 heavy (non-hydrogen) atoms. The Labute approximate surface area is 238 Å². The van der Waals surface area contributed by atoms with Crippen molar-refractivity contribution in [3.05, 3.63) is 125 Å². The molecule has 206 valence electrons. The first kappa shape index (κ1) is 26.3. The molecule has 0 saturated carbocycles. The van der Waals surface area contributed by atoms with Gasteiger partial charge < -0.3 is 25.2 Å². The number of hydrogen-bond acceptors (Lipinski definition) is 6. The van der Waals surface area contributed by atoms with Crippen LogP contribution in [0.1, 0.15) is 42.2 Å². The highest BCUT2D eigenvalue weighted by Crippen LogP contribution is 2.40. The summed E-state index contributed by atoms with van der Waals surface area (Å²) < 4.78 is 5.68. The molecular formula is C34H22O8. The van der Waals surface area contributed by atoms with Gasteiger partial charge in [0.15, 0.2) is 5.75 Å². The van der Waals surface area contributed by atoms with Crippen LogP contribution in [0.3, 0.4) is 0 Å². The van der Waals surface area contributed by atoms with Crippen molar-refractivity contribution in [3.63, 3.8) is 0 Å². The van der Waals surface area contributed by atoms with E-state index >= 15 is 0 Å². The van der Waals surface area contributed by atoms with Gasteiger partial charge in [0, 0.05) is 22.9 Å². The summed E-state index contributed by atoms with van der Waals surface area (Å²) in [6.45, 7) is 0. The van der Waals surface area contributed by atoms with Crippen molar-refractivity contribution in [1.29, 1.82) is 0 Å². The second kappa shape index (κ2) is 10.3. The van der Waals surface area contributed by atoms with Crippen LogP contribution in [0.2, 0.25) is 0 Å². The molecule has 8 heteroatoms. The largest absolute Gasteiger partial charge is 0.507 e. The molecule has 0 saturated heterocycles. The summed E-state index contributed by atoms with van der Waals surface area (Å²) in [6, 6.07) is 26.6. The van der Waals surface area contributed by atoms with E-state index < -0.39 is 29.4 Å². The minimum absolute atomic E-state index is 0.115. The number of esters is 1. The van der Waals surface area contributed by atoms with Crippen molar-refractivity contribution >= 4 is 50.2 Å². The van der Waals surface area contributed by atoms with Gasteiger partial charge in [-0.2, -0.15) is 0 Å². The summed E-state index contributed by atoms with van der Waals surface area (Å²) in [5, 5.41) is 45.4. The fraction of sp³-hybridized carbons (Fsp3) is 0.0294. The number of carbonyl (C=O) groups excluding carboxylic acids is 1. The van der Waals surface area contributed by atoms with Gasteiger partial charge >= 0.3 is 17.9 Å². The van der Waals surface area contributed by atoms with Crippen LogP contribution >= 0.6 is 0 Å². The standard InChI is InChI=1S/C34H22O8/c35-29-25(21-10-4-2-8-19(21)15-27(29)33(39)40)17-26-22-11-5-3-9-20(22)16-28(30(26)36)34(41)42-31-23-12-6-1-7-18(23)13-14-24(31)32(37)38/h1-16,35-36H,17H2,(H,37,38)(H,39,40). The maximum atomic E-state index is 13.6. The van der Waals surface area contributed by atoms with Gasteiger partial charge in [0.1, 0.15) is 28.2 Å². The number of phenols is 2. The predicted octanol–water partition coefficient (Wildman–Crippen LogP) is 6.76. The normalized spacial score (nSPS) is 11.1. The van der Waals surface area contributed by atoms with E-state index in [4.69, 9.17) is 4.74 Å². The highest BCUT2D eigenvalue weighted by Gasteiger charge is 2.25. The molecule has 0 aliphatic rings. The maximum absolute atomic E-state index is 13.6. The molecule has 0 atom stereocenters. The summed E-state index contributed by atoms with van der Waals surface area (Å²) in [5.41, 5.74) is -0.200. The third-order valence-electron chi connectivity index (χ3n) is 7.36. The Hall–Kier alpha value is -5.89. The summed E-state index contributed by atoms with van der Waals surface area (Å²) >= 11 is 0. The lowest BCUT2D eigenvalue weighted by atomic mass is 9.90. The Bertz CT molecular complexity index is 2090. The summed E-state index contributed by atoms with van der Waals surface area (Å²) in [7, 11) is 0. The first-order valence-corrected chi connectivity index (χ1v) is 12.9. The van der Waals surface area contributed by atoms with Crippen LogP contribution in [0, 0.1) is 0 Å². The monoisotopic (exact) mass is 558 g/mol. The molecule has 8 nitrogen and oxygen atoms in total. The lowest BCUT2D eigenvalue weighted by Gasteiger charge is -2.17. The number of hydrogen-bond donors (Lipinski definition) is 4.